The van der Waals surface area contributed by atoms with Crippen molar-refractivity contribution in [3.05, 3.63) is 53.1 Å². The van der Waals surface area contributed by atoms with E-state index in [1.165, 1.54) is 37.8 Å². The topological polar surface area (TPSA) is 70.7 Å². The van der Waals surface area contributed by atoms with Crippen molar-refractivity contribution in [2.45, 2.75) is 51.5 Å². The lowest BCUT2D eigenvalue weighted by Crippen LogP contribution is -2.27. The lowest BCUT2D eigenvalue weighted by Gasteiger charge is -2.26. The quantitative estimate of drug-likeness (QED) is 0.908. The van der Waals surface area contributed by atoms with Crippen LogP contribution in [0.1, 0.15) is 65.6 Å². The number of aromatic nitrogens is 2. The summed E-state index contributed by atoms with van der Waals surface area (Å²) >= 11 is 0. The molecule has 2 aromatic rings. The van der Waals surface area contributed by atoms with Gasteiger partial charge in [0.05, 0.1) is 11.6 Å². The molecule has 0 unspecified atom stereocenters. The molecule has 0 saturated heterocycles. The molecule has 3 rings (SSSR count). The van der Waals surface area contributed by atoms with Crippen LogP contribution in [0, 0.1) is 18.3 Å². The number of amides is 1. The van der Waals surface area contributed by atoms with Crippen LogP contribution in [0.25, 0.3) is 0 Å². The third-order valence-electron chi connectivity index (χ3n) is 4.89. The molecule has 1 heterocycles. The summed E-state index contributed by atoms with van der Waals surface area (Å²) in [6.07, 6.45) is 8.99. The van der Waals surface area contributed by atoms with Gasteiger partial charge < -0.3 is 9.88 Å². The second-order valence-corrected chi connectivity index (χ2v) is 6.68. The van der Waals surface area contributed by atoms with Crippen LogP contribution in [0.3, 0.4) is 0 Å². The van der Waals surface area contributed by atoms with Gasteiger partial charge in [-0.1, -0.05) is 25.3 Å². The maximum atomic E-state index is 12.2. The highest BCUT2D eigenvalue weighted by Crippen LogP contribution is 2.30. The Morgan fingerprint density at radius 2 is 2.16 bits per heavy atom. The predicted molar refractivity (Wildman–Crippen MR) is 96.3 cm³/mol. The molecule has 1 fully saturated rings. The van der Waals surface area contributed by atoms with E-state index in [9.17, 15) is 4.79 Å². The Hall–Kier alpha value is -2.61. The van der Waals surface area contributed by atoms with Crippen LogP contribution in [0.2, 0.25) is 0 Å². The number of carbonyl (C=O) groups excluding carboxylic acids is 1. The highest BCUT2D eigenvalue weighted by Gasteiger charge is 2.19. The molecule has 1 N–H and O–H groups in total. The number of nitrogens with zero attached hydrogens (tertiary/aromatic N) is 3. The molecule has 1 aromatic heterocycles. The maximum absolute atomic E-state index is 12.2. The molecule has 0 bridgehead atoms. The summed E-state index contributed by atoms with van der Waals surface area (Å²) in [5.74, 6) is 0.903. The van der Waals surface area contributed by atoms with Crippen molar-refractivity contribution in [2.75, 3.05) is 6.54 Å². The molecule has 130 valence electrons. The number of aryl methyl sites for hydroxylation is 1. The largest absolute Gasteiger partial charge is 0.352 e. The van der Waals surface area contributed by atoms with Gasteiger partial charge >= 0.3 is 0 Å². The summed E-state index contributed by atoms with van der Waals surface area (Å²) in [7, 11) is 0. The molecule has 5 heteroatoms. The summed E-state index contributed by atoms with van der Waals surface area (Å²) in [5.41, 5.74) is 2.22. The monoisotopic (exact) mass is 336 g/mol. The molecule has 0 aliphatic heterocycles. The highest BCUT2D eigenvalue weighted by molar-refractivity contribution is 5.94. The first-order valence-electron chi connectivity index (χ1n) is 9.00. The predicted octanol–water partition coefficient (Wildman–Crippen LogP) is 3.54. The van der Waals surface area contributed by atoms with Gasteiger partial charge in [-0.2, -0.15) is 5.26 Å². The minimum Gasteiger partial charge on any atom is -0.352 e. The maximum Gasteiger partial charge on any atom is 0.251 e. The highest BCUT2D eigenvalue weighted by atomic mass is 16.1. The summed E-state index contributed by atoms with van der Waals surface area (Å²) in [6.45, 7) is 2.65. The standard InChI is InChI=1S/C20H24N4O/c1-15-14-23-19(24(15)18-8-3-2-4-9-18)10-11-22-20(25)17-7-5-6-16(12-17)13-21/h5-7,12,14,18H,2-4,8-11H2,1H3,(H,22,25). The number of carbonyl (C=O) groups is 1. The van der Waals surface area contributed by atoms with Gasteiger partial charge in [0.1, 0.15) is 5.82 Å². The summed E-state index contributed by atoms with van der Waals surface area (Å²) in [4.78, 5) is 16.8. The van der Waals surface area contributed by atoms with E-state index in [0.29, 0.717) is 30.1 Å². The minimum absolute atomic E-state index is 0.149. The third kappa shape index (κ3) is 4.08. The zero-order valence-electron chi connectivity index (χ0n) is 14.7. The zero-order chi connectivity index (χ0) is 17.6. The number of rotatable bonds is 5. The van der Waals surface area contributed by atoms with Crippen LogP contribution >= 0.6 is 0 Å². The van der Waals surface area contributed by atoms with E-state index in [-0.39, 0.29) is 5.91 Å². The molecule has 1 amide bonds. The van der Waals surface area contributed by atoms with Gasteiger partial charge in [-0.15, -0.1) is 0 Å². The average molecular weight is 336 g/mol. The molecule has 5 nitrogen and oxygen atoms in total. The van der Waals surface area contributed by atoms with E-state index in [4.69, 9.17) is 5.26 Å². The second-order valence-electron chi connectivity index (χ2n) is 6.68. The Morgan fingerprint density at radius 3 is 2.92 bits per heavy atom. The number of imidazole rings is 1. The van der Waals surface area contributed by atoms with Crippen molar-refractivity contribution in [1.29, 1.82) is 5.26 Å². The Morgan fingerprint density at radius 1 is 1.36 bits per heavy atom. The van der Waals surface area contributed by atoms with E-state index in [1.807, 2.05) is 6.20 Å². The van der Waals surface area contributed by atoms with Gasteiger partial charge in [-0.05, 0) is 38.0 Å². The number of hydrogen-bond donors (Lipinski definition) is 1. The summed E-state index contributed by atoms with van der Waals surface area (Å²) in [5, 5.41) is 11.9. The summed E-state index contributed by atoms with van der Waals surface area (Å²) in [6, 6.07) is 9.37. The molecule has 0 radical (unpaired) electrons. The number of hydrogen-bond acceptors (Lipinski definition) is 3. The summed E-state index contributed by atoms with van der Waals surface area (Å²) < 4.78 is 2.36. The lowest BCUT2D eigenvalue weighted by atomic mass is 9.95. The molecule has 1 aliphatic rings. The second kappa shape index (κ2) is 7.98. The van der Waals surface area contributed by atoms with Gasteiger partial charge in [0, 0.05) is 36.5 Å². The van der Waals surface area contributed by atoms with Gasteiger partial charge in [0.25, 0.3) is 5.91 Å². The fourth-order valence-electron chi connectivity index (χ4n) is 3.64. The molecule has 0 spiro atoms. The van der Waals surface area contributed by atoms with E-state index < -0.39 is 0 Å². The molecule has 1 aliphatic carbocycles. The normalized spacial score (nSPS) is 14.9. The zero-order valence-corrected chi connectivity index (χ0v) is 14.7. The van der Waals surface area contributed by atoms with Crippen LogP contribution < -0.4 is 5.32 Å². The Balaban J connectivity index is 1.60. The average Bonchev–Trinajstić information content (AvgIpc) is 3.03. The molecule has 1 aromatic carbocycles. The molecule has 0 atom stereocenters. The first kappa shape index (κ1) is 17.2. The number of nitriles is 1. The third-order valence-corrected chi connectivity index (χ3v) is 4.89. The SMILES string of the molecule is Cc1cnc(CCNC(=O)c2cccc(C#N)c2)n1C1CCCCC1. The molecular formula is C20H24N4O. The fraction of sp³-hybridized carbons (Fsp3) is 0.450. The van der Waals surface area contributed by atoms with Crippen LogP contribution in [0.5, 0.6) is 0 Å². The van der Waals surface area contributed by atoms with Crippen LogP contribution in [0.4, 0.5) is 0 Å². The van der Waals surface area contributed by atoms with Crippen molar-refractivity contribution in [2.24, 2.45) is 0 Å². The van der Waals surface area contributed by atoms with Crippen molar-refractivity contribution in [3.8, 4) is 6.07 Å². The van der Waals surface area contributed by atoms with Crippen molar-refractivity contribution < 1.29 is 4.79 Å². The van der Waals surface area contributed by atoms with Crippen molar-refractivity contribution >= 4 is 5.91 Å². The fourth-order valence-corrected chi connectivity index (χ4v) is 3.64. The first-order valence-corrected chi connectivity index (χ1v) is 9.00. The van der Waals surface area contributed by atoms with Gasteiger partial charge in [0.15, 0.2) is 0 Å². The smallest absolute Gasteiger partial charge is 0.251 e. The van der Waals surface area contributed by atoms with Crippen molar-refractivity contribution in [1.82, 2.24) is 14.9 Å². The van der Waals surface area contributed by atoms with Crippen molar-refractivity contribution in [3.63, 3.8) is 0 Å². The van der Waals surface area contributed by atoms with Crippen LogP contribution in [-0.4, -0.2) is 22.0 Å². The number of nitrogens with one attached hydrogen (secondary N) is 1. The van der Waals surface area contributed by atoms with Gasteiger partial charge in [-0.25, -0.2) is 4.98 Å². The Labute approximate surface area is 148 Å². The lowest BCUT2D eigenvalue weighted by molar-refractivity contribution is 0.0954. The van der Waals surface area contributed by atoms with Crippen LogP contribution in [0.15, 0.2) is 30.5 Å². The van der Waals surface area contributed by atoms with Crippen LogP contribution in [-0.2, 0) is 6.42 Å². The first-order chi connectivity index (χ1) is 12.2. The van der Waals surface area contributed by atoms with E-state index >= 15 is 0 Å². The van der Waals surface area contributed by atoms with Gasteiger partial charge in [0.2, 0.25) is 0 Å². The molecule has 25 heavy (non-hydrogen) atoms. The Bertz CT molecular complexity index is 781. The molecular weight excluding hydrogens is 312 g/mol. The number of benzene rings is 1. The van der Waals surface area contributed by atoms with Gasteiger partial charge in [-0.3, -0.25) is 4.79 Å². The molecule has 1 saturated carbocycles. The van der Waals surface area contributed by atoms with E-state index in [1.54, 1.807) is 24.3 Å². The Kier molecular flexibility index (Phi) is 5.49. The van der Waals surface area contributed by atoms with E-state index in [2.05, 4.69) is 27.9 Å². The minimum atomic E-state index is -0.149. The van der Waals surface area contributed by atoms with E-state index in [0.717, 1.165) is 5.82 Å².